The second kappa shape index (κ2) is 6.14. The van der Waals surface area contributed by atoms with E-state index in [9.17, 15) is 4.79 Å². The molecule has 0 spiro atoms. The lowest BCUT2D eigenvalue weighted by Crippen LogP contribution is -1.98. The Morgan fingerprint density at radius 3 is 2.40 bits per heavy atom. The number of carbonyl (C=O) groups is 1. The zero-order valence-corrected chi connectivity index (χ0v) is 12.8. The van der Waals surface area contributed by atoms with E-state index in [-0.39, 0.29) is 0 Å². The van der Waals surface area contributed by atoms with E-state index in [1.54, 1.807) is 23.9 Å². The molecule has 0 unspecified atom stereocenters. The first-order valence-electron chi connectivity index (χ1n) is 6.50. The second-order valence-corrected chi connectivity index (χ2v) is 6.02. The lowest BCUT2D eigenvalue weighted by Gasteiger charge is -2.09. The van der Waals surface area contributed by atoms with E-state index in [1.165, 1.54) is 21.6 Å². The number of rotatable bonds is 4. The van der Waals surface area contributed by atoms with Crippen LogP contribution < -0.4 is 0 Å². The Kier molecular flexibility index (Phi) is 4.50. The molecule has 0 radical (unpaired) electrons. The van der Waals surface area contributed by atoms with E-state index in [2.05, 4.69) is 32.0 Å². The van der Waals surface area contributed by atoms with Crippen molar-refractivity contribution in [2.24, 2.45) is 0 Å². The fraction of sp³-hybridized carbons (Fsp3) is 0.235. The molecule has 20 heavy (non-hydrogen) atoms. The van der Waals surface area contributed by atoms with Crippen LogP contribution in [0, 0.1) is 20.8 Å². The molecule has 2 aromatic carbocycles. The molecule has 0 aliphatic rings. The summed E-state index contributed by atoms with van der Waals surface area (Å²) in [6.07, 6.45) is 0. The molecule has 0 aliphatic carbocycles. The normalized spacial score (nSPS) is 10.6. The Morgan fingerprint density at radius 1 is 1.05 bits per heavy atom. The molecule has 2 rings (SSSR count). The van der Waals surface area contributed by atoms with Gasteiger partial charge in [-0.25, -0.2) is 4.79 Å². The number of benzene rings is 2. The van der Waals surface area contributed by atoms with Crippen molar-refractivity contribution in [1.29, 1.82) is 0 Å². The highest BCUT2D eigenvalue weighted by atomic mass is 32.2. The van der Waals surface area contributed by atoms with Gasteiger partial charge >= 0.3 is 5.97 Å². The van der Waals surface area contributed by atoms with Gasteiger partial charge < -0.3 is 5.11 Å². The number of thioether (sulfide) groups is 1. The van der Waals surface area contributed by atoms with E-state index < -0.39 is 5.97 Å². The number of aromatic carboxylic acids is 1. The first kappa shape index (κ1) is 14.7. The third kappa shape index (κ3) is 3.42. The highest BCUT2D eigenvalue weighted by Gasteiger charge is 2.07. The Balaban J connectivity index is 2.13. The summed E-state index contributed by atoms with van der Waals surface area (Å²) in [5.41, 5.74) is 5.12. The summed E-state index contributed by atoms with van der Waals surface area (Å²) in [7, 11) is 0. The highest BCUT2D eigenvalue weighted by molar-refractivity contribution is 7.98. The molecule has 0 amide bonds. The molecule has 0 aromatic heterocycles. The van der Waals surface area contributed by atoms with E-state index in [1.807, 2.05) is 13.0 Å². The maximum Gasteiger partial charge on any atom is 0.335 e. The quantitative estimate of drug-likeness (QED) is 0.834. The number of hydrogen-bond acceptors (Lipinski definition) is 2. The fourth-order valence-electron chi connectivity index (χ4n) is 2.11. The van der Waals surface area contributed by atoms with Gasteiger partial charge in [0.25, 0.3) is 0 Å². The van der Waals surface area contributed by atoms with Crippen LogP contribution >= 0.6 is 11.8 Å². The molecule has 3 heteroatoms. The van der Waals surface area contributed by atoms with Crippen LogP contribution in [0.25, 0.3) is 0 Å². The molecule has 0 atom stereocenters. The molecule has 2 aromatic rings. The summed E-state index contributed by atoms with van der Waals surface area (Å²) in [5, 5.41) is 8.97. The third-order valence-electron chi connectivity index (χ3n) is 3.30. The molecule has 1 N–H and O–H groups in total. The summed E-state index contributed by atoms with van der Waals surface area (Å²) in [4.78, 5) is 12.2. The zero-order chi connectivity index (χ0) is 14.7. The van der Waals surface area contributed by atoms with Gasteiger partial charge in [-0.1, -0.05) is 23.8 Å². The minimum Gasteiger partial charge on any atom is -0.478 e. The monoisotopic (exact) mass is 286 g/mol. The topological polar surface area (TPSA) is 37.3 Å². The van der Waals surface area contributed by atoms with Crippen molar-refractivity contribution in [2.75, 3.05) is 0 Å². The molecule has 0 heterocycles. The van der Waals surface area contributed by atoms with Gasteiger partial charge in [0.05, 0.1) is 5.56 Å². The largest absolute Gasteiger partial charge is 0.478 e. The standard InChI is InChI=1S/C17H18O2S/c1-11-4-7-16(13(3)8-11)20-10-15-6-5-14(17(18)19)9-12(15)2/h4-9H,10H2,1-3H3,(H,18,19). The Bertz CT molecular complexity index is 647. The minimum atomic E-state index is -0.873. The van der Waals surface area contributed by atoms with Crippen LogP contribution in [0.15, 0.2) is 41.3 Å². The van der Waals surface area contributed by atoms with Gasteiger partial charge in [-0.05, 0) is 55.7 Å². The minimum absolute atomic E-state index is 0.350. The lowest BCUT2D eigenvalue weighted by molar-refractivity contribution is 0.0697. The summed E-state index contributed by atoms with van der Waals surface area (Å²) in [6.45, 7) is 6.18. The highest BCUT2D eigenvalue weighted by Crippen LogP contribution is 2.28. The van der Waals surface area contributed by atoms with Crippen LogP contribution in [-0.4, -0.2) is 11.1 Å². The molecule has 0 fully saturated rings. The van der Waals surface area contributed by atoms with Crippen molar-refractivity contribution in [3.63, 3.8) is 0 Å². The van der Waals surface area contributed by atoms with Gasteiger partial charge in [0.2, 0.25) is 0 Å². The summed E-state index contributed by atoms with van der Waals surface area (Å²) in [6, 6.07) is 11.8. The lowest BCUT2D eigenvalue weighted by atomic mass is 10.1. The number of carboxylic acid groups (broad SMARTS) is 1. The Labute approximate surface area is 123 Å². The van der Waals surface area contributed by atoms with Crippen LogP contribution in [0.3, 0.4) is 0 Å². The summed E-state index contributed by atoms with van der Waals surface area (Å²) in [5.74, 6) is -0.0167. The first-order chi connectivity index (χ1) is 9.47. The first-order valence-corrected chi connectivity index (χ1v) is 7.49. The van der Waals surface area contributed by atoms with Gasteiger partial charge in [0, 0.05) is 10.6 Å². The van der Waals surface area contributed by atoms with Crippen LogP contribution in [0.1, 0.15) is 32.6 Å². The van der Waals surface area contributed by atoms with E-state index in [4.69, 9.17) is 5.11 Å². The van der Waals surface area contributed by atoms with Crippen LogP contribution in [0.2, 0.25) is 0 Å². The predicted molar refractivity (Wildman–Crippen MR) is 83.6 cm³/mol. The molecule has 0 saturated heterocycles. The smallest absolute Gasteiger partial charge is 0.335 e. The molecule has 104 valence electrons. The van der Waals surface area contributed by atoms with Gasteiger partial charge in [0.15, 0.2) is 0 Å². The Morgan fingerprint density at radius 2 is 1.80 bits per heavy atom. The zero-order valence-electron chi connectivity index (χ0n) is 11.9. The van der Waals surface area contributed by atoms with Crippen molar-refractivity contribution in [2.45, 2.75) is 31.4 Å². The maximum absolute atomic E-state index is 10.9. The average Bonchev–Trinajstić information content (AvgIpc) is 2.38. The maximum atomic E-state index is 10.9. The predicted octanol–water partition coefficient (Wildman–Crippen LogP) is 4.60. The van der Waals surface area contributed by atoms with Crippen molar-refractivity contribution in [3.05, 3.63) is 64.2 Å². The van der Waals surface area contributed by atoms with Crippen molar-refractivity contribution in [3.8, 4) is 0 Å². The molecular formula is C17H18O2S. The van der Waals surface area contributed by atoms with Gasteiger partial charge in [0.1, 0.15) is 0 Å². The van der Waals surface area contributed by atoms with Crippen LogP contribution in [0.4, 0.5) is 0 Å². The molecule has 0 saturated carbocycles. The number of aryl methyl sites for hydroxylation is 3. The van der Waals surface area contributed by atoms with Gasteiger partial charge in [-0.2, -0.15) is 0 Å². The van der Waals surface area contributed by atoms with Crippen molar-refractivity contribution >= 4 is 17.7 Å². The van der Waals surface area contributed by atoms with E-state index in [0.29, 0.717) is 5.56 Å². The Hall–Kier alpha value is -1.74. The summed E-state index contributed by atoms with van der Waals surface area (Å²) < 4.78 is 0. The van der Waals surface area contributed by atoms with Crippen LogP contribution in [-0.2, 0) is 5.75 Å². The molecule has 2 nitrogen and oxygen atoms in total. The average molecular weight is 286 g/mol. The fourth-order valence-corrected chi connectivity index (χ4v) is 3.19. The van der Waals surface area contributed by atoms with E-state index in [0.717, 1.165) is 11.3 Å². The van der Waals surface area contributed by atoms with Crippen molar-refractivity contribution in [1.82, 2.24) is 0 Å². The van der Waals surface area contributed by atoms with Crippen molar-refractivity contribution < 1.29 is 9.90 Å². The third-order valence-corrected chi connectivity index (χ3v) is 4.53. The molecular weight excluding hydrogens is 268 g/mol. The SMILES string of the molecule is Cc1ccc(SCc2ccc(C(=O)O)cc2C)c(C)c1. The molecule has 0 aliphatic heterocycles. The van der Waals surface area contributed by atoms with Gasteiger partial charge in [-0.15, -0.1) is 11.8 Å². The van der Waals surface area contributed by atoms with Gasteiger partial charge in [-0.3, -0.25) is 0 Å². The number of hydrogen-bond donors (Lipinski definition) is 1. The van der Waals surface area contributed by atoms with E-state index >= 15 is 0 Å². The second-order valence-electron chi connectivity index (χ2n) is 5.00. The molecule has 0 bridgehead atoms. The van der Waals surface area contributed by atoms with Crippen LogP contribution in [0.5, 0.6) is 0 Å². The summed E-state index contributed by atoms with van der Waals surface area (Å²) >= 11 is 1.79. The number of carboxylic acids is 1.